The van der Waals surface area contributed by atoms with E-state index in [2.05, 4.69) is 47.1 Å². The average Bonchev–Trinajstić information content (AvgIpc) is 2.72. The fourth-order valence-electron chi connectivity index (χ4n) is 3.76. The van der Waals surface area contributed by atoms with Crippen molar-refractivity contribution < 1.29 is 4.79 Å². The second-order valence-electron chi connectivity index (χ2n) is 8.27. The molecule has 0 spiro atoms. The van der Waals surface area contributed by atoms with Gasteiger partial charge in [0.15, 0.2) is 0 Å². The lowest BCUT2D eigenvalue weighted by atomic mass is 10.00. The van der Waals surface area contributed by atoms with Crippen LogP contribution in [-0.4, -0.2) is 5.78 Å². The highest BCUT2D eigenvalue weighted by atomic mass is 79.9. The van der Waals surface area contributed by atoms with Crippen LogP contribution in [0, 0.1) is 0 Å². The molecule has 2 aromatic carbocycles. The summed E-state index contributed by atoms with van der Waals surface area (Å²) in [5, 5.41) is 0. The van der Waals surface area contributed by atoms with E-state index in [0.29, 0.717) is 12.8 Å². The summed E-state index contributed by atoms with van der Waals surface area (Å²) >= 11 is 3.43. The molecule has 0 saturated carbocycles. The first-order chi connectivity index (χ1) is 14.2. The van der Waals surface area contributed by atoms with Gasteiger partial charge in [0.05, 0.1) is 0 Å². The zero-order valence-electron chi connectivity index (χ0n) is 18.1. The van der Waals surface area contributed by atoms with Crippen molar-refractivity contribution in [3.63, 3.8) is 0 Å². The number of halogens is 1. The summed E-state index contributed by atoms with van der Waals surface area (Å²) in [6, 6.07) is 16.7. The number of aryl methyl sites for hydroxylation is 1. The Morgan fingerprint density at radius 2 is 1.03 bits per heavy atom. The van der Waals surface area contributed by atoms with Crippen molar-refractivity contribution in [2.45, 2.75) is 90.4 Å². The van der Waals surface area contributed by atoms with Crippen LogP contribution in [0.4, 0.5) is 0 Å². The molecule has 2 rings (SSSR count). The summed E-state index contributed by atoms with van der Waals surface area (Å²) in [5.41, 5.74) is 3.60. The molecule has 0 aliphatic carbocycles. The second-order valence-corrected chi connectivity index (χ2v) is 9.18. The van der Waals surface area contributed by atoms with Crippen LogP contribution < -0.4 is 0 Å². The van der Waals surface area contributed by atoms with Crippen LogP contribution in [0.2, 0.25) is 0 Å². The number of hydrogen-bond acceptors (Lipinski definition) is 1. The van der Waals surface area contributed by atoms with Gasteiger partial charge >= 0.3 is 0 Å². The smallest absolute Gasteiger partial charge is 0.141 e. The molecule has 158 valence electrons. The number of rotatable bonds is 15. The molecule has 29 heavy (non-hydrogen) atoms. The van der Waals surface area contributed by atoms with Gasteiger partial charge in [-0.05, 0) is 41.7 Å². The van der Waals surface area contributed by atoms with Gasteiger partial charge in [-0.15, -0.1) is 0 Å². The number of benzene rings is 2. The molecule has 1 nitrogen and oxygen atoms in total. The van der Waals surface area contributed by atoms with Crippen molar-refractivity contribution in [2.24, 2.45) is 0 Å². The van der Waals surface area contributed by atoms with E-state index in [1.165, 1.54) is 69.8 Å². The van der Waals surface area contributed by atoms with Crippen molar-refractivity contribution in [3.8, 4) is 0 Å². The standard InChI is InChI=1S/C27H37BrO/c1-2-3-4-5-6-7-8-9-10-11-12-23-13-15-24(16-14-23)21-27(29)22-25-17-19-26(28)20-18-25/h13-20H,2-12,21-22H2,1H3. The number of Topliss-reactive ketones (excluding diaryl/α,β-unsaturated/α-hetero) is 1. The average molecular weight is 457 g/mol. The van der Waals surface area contributed by atoms with E-state index >= 15 is 0 Å². The summed E-state index contributed by atoms with van der Waals surface area (Å²) in [6.07, 6.45) is 16.0. The summed E-state index contributed by atoms with van der Waals surface area (Å²) in [4.78, 5) is 12.3. The van der Waals surface area contributed by atoms with Crippen LogP contribution in [0.15, 0.2) is 53.0 Å². The van der Waals surface area contributed by atoms with Gasteiger partial charge < -0.3 is 0 Å². The molecule has 0 amide bonds. The van der Waals surface area contributed by atoms with E-state index in [1.807, 2.05) is 24.3 Å². The van der Waals surface area contributed by atoms with Gasteiger partial charge in [0.1, 0.15) is 5.78 Å². The number of unbranched alkanes of at least 4 members (excludes halogenated alkanes) is 9. The quantitative estimate of drug-likeness (QED) is 0.246. The topological polar surface area (TPSA) is 17.1 Å². The van der Waals surface area contributed by atoms with Gasteiger partial charge in [-0.2, -0.15) is 0 Å². The van der Waals surface area contributed by atoms with Crippen LogP contribution in [0.3, 0.4) is 0 Å². The molecule has 0 heterocycles. The third-order valence-corrected chi connectivity index (χ3v) is 6.09. The second kappa shape index (κ2) is 14.6. The zero-order valence-corrected chi connectivity index (χ0v) is 19.7. The highest BCUT2D eigenvalue weighted by Crippen LogP contribution is 2.15. The third kappa shape index (κ3) is 10.8. The first-order valence-electron chi connectivity index (χ1n) is 11.5. The minimum Gasteiger partial charge on any atom is -0.299 e. The molecule has 0 atom stereocenters. The molecule has 0 N–H and O–H groups in total. The molecule has 0 aliphatic rings. The molecule has 0 bridgehead atoms. The minimum absolute atomic E-state index is 0.273. The Hall–Kier alpha value is -1.41. The molecular weight excluding hydrogens is 420 g/mol. The zero-order chi connectivity index (χ0) is 20.7. The lowest BCUT2D eigenvalue weighted by Crippen LogP contribution is -2.06. The number of hydrogen-bond donors (Lipinski definition) is 0. The maximum absolute atomic E-state index is 12.3. The fraction of sp³-hybridized carbons (Fsp3) is 0.519. The molecule has 0 saturated heterocycles. The van der Waals surface area contributed by atoms with E-state index in [9.17, 15) is 4.79 Å². The molecule has 2 heteroatoms. The first-order valence-corrected chi connectivity index (χ1v) is 12.3. The summed E-state index contributed by atoms with van der Waals surface area (Å²) in [7, 11) is 0. The van der Waals surface area contributed by atoms with Crippen molar-refractivity contribution in [2.75, 3.05) is 0 Å². The molecule has 0 radical (unpaired) electrons. The maximum atomic E-state index is 12.3. The highest BCUT2D eigenvalue weighted by molar-refractivity contribution is 9.10. The maximum Gasteiger partial charge on any atom is 0.141 e. The van der Waals surface area contributed by atoms with Crippen molar-refractivity contribution >= 4 is 21.7 Å². The Morgan fingerprint density at radius 1 is 0.621 bits per heavy atom. The number of ketones is 1. The largest absolute Gasteiger partial charge is 0.299 e. The van der Waals surface area contributed by atoms with Gasteiger partial charge in [-0.1, -0.05) is 117 Å². The van der Waals surface area contributed by atoms with Gasteiger partial charge in [-0.3, -0.25) is 4.79 Å². The summed E-state index contributed by atoms with van der Waals surface area (Å²) < 4.78 is 1.05. The highest BCUT2D eigenvalue weighted by Gasteiger charge is 2.06. The Morgan fingerprint density at radius 3 is 1.55 bits per heavy atom. The normalized spacial score (nSPS) is 11.0. The van der Waals surface area contributed by atoms with Gasteiger partial charge in [0, 0.05) is 17.3 Å². The van der Waals surface area contributed by atoms with Crippen LogP contribution in [0.5, 0.6) is 0 Å². The van der Waals surface area contributed by atoms with Crippen molar-refractivity contribution in [1.29, 1.82) is 0 Å². The molecule has 0 fully saturated rings. The SMILES string of the molecule is CCCCCCCCCCCCc1ccc(CC(=O)Cc2ccc(Br)cc2)cc1. The molecule has 0 aliphatic heterocycles. The van der Waals surface area contributed by atoms with Crippen molar-refractivity contribution in [1.82, 2.24) is 0 Å². The molecular formula is C27H37BrO. The van der Waals surface area contributed by atoms with Crippen LogP contribution >= 0.6 is 15.9 Å². The number of carbonyl (C=O) groups excluding carboxylic acids is 1. The Bertz CT molecular complexity index is 687. The van der Waals surface area contributed by atoms with E-state index in [-0.39, 0.29) is 5.78 Å². The van der Waals surface area contributed by atoms with E-state index in [1.54, 1.807) is 0 Å². The molecule has 0 unspecified atom stereocenters. The fourth-order valence-corrected chi connectivity index (χ4v) is 4.02. The van der Waals surface area contributed by atoms with Crippen LogP contribution in [0.25, 0.3) is 0 Å². The summed E-state index contributed by atoms with van der Waals surface area (Å²) in [6.45, 7) is 2.28. The first kappa shape index (κ1) is 23.9. The lowest BCUT2D eigenvalue weighted by Gasteiger charge is -2.06. The predicted octanol–water partition coefficient (Wildman–Crippen LogP) is 8.27. The van der Waals surface area contributed by atoms with Gasteiger partial charge in [-0.25, -0.2) is 0 Å². The Balaban J connectivity index is 1.57. The molecule has 2 aromatic rings. The van der Waals surface area contributed by atoms with E-state index in [0.717, 1.165) is 22.0 Å². The summed E-state index contributed by atoms with van der Waals surface area (Å²) in [5.74, 6) is 0.273. The lowest BCUT2D eigenvalue weighted by molar-refractivity contribution is -0.117. The van der Waals surface area contributed by atoms with E-state index in [4.69, 9.17) is 0 Å². The Labute approximate surface area is 186 Å². The number of carbonyl (C=O) groups is 1. The Kier molecular flexibility index (Phi) is 12.0. The van der Waals surface area contributed by atoms with Crippen LogP contribution in [-0.2, 0) is 24.1 Å². The van der Waals surface area contributed by atoms with Crippen LogP contribution in [0.1, 0.15) is 87.8 Å². The molecule has 0 aromatic heterocycles. The third-order valence-electron chi connectivity index (χ3n) is 5.56. The van der Waals surface area contributed by atoms with E-state index < -0.39 is 0 Å². The van der Waals surface area contributed by atoms with Crippen molar-refractivity contribution in [3.05, 3.63) is 69.7 Å². The minimum atomic E-state index is 0.273. The van der Waals surface area contributed by atoms with Gasteiger partial charge in [0.2, 0.25) is 0 Å². The predicted molar refractivity (Wildman–Crippen MR) is 129 cm³/mol. The monoisotopic (exact) mass is 456 g/mol. The van der Waals surface area contributed by atoms with Gasteiger partial charge in [0.25, 0.3) is 0 Å².